The summed E-state index contributed by atoms with van der Waals surface area (Å²) in [6, 6.07) is 2.40. The van der Waals surface area contributed by atoms with Crippen molar-refractivity contribution >= 4 is 34.5 Å². The summed E-state index contributed by atoms with van der Waals surface area (Å²) in [5.74, 6) is 0. The van der Waals surface area contributed by atoms with E-state index in [2.05, 4.69) is 59.7 Å². The van der Waals surface area contributed by atoms with E-state index in [0.717, 1.165) is 6.04 Å². The summed E-state index contributed by atoms with van der Waals surface area (Å²) in [5.41, 5.74) is 0. The Morgan fingerprint density at radius 3 is 1.63 bits per heavy atom. The number of hydrogen-bond donors (Lipinski definition) is 0. The quantitative estimate of drug-likeness (QED) is 0.126. The third-order valence-corrected chi connectivity index (χ3v) is 21.2. The third kappa shape index (κ3) is 17.3. The van der Waals surface area contributed by atoms with Gasteiger partial charge in [0.1, 0.15) is 0 Å². The molecule has 0 spiro atoms. The summed E-state index contributed by atoms with van der Waals surface area (Å²) in [7, 11) is -7.38. The molecule has 0 heterocycles. The van der Waals surface area contributed by atoms with Crippen molar-refractivity contribution < 1.29 is 12.3 Å². The first-order valence-corrected chi connectivity index (χ1v) is 25.0. The van der Waals surface area contributed by atoms with Gasteiger partial charge in [-0.05, 0) is 0 Å². The van der Waals surface area contributed by atoms with Gasteiger partial charge in [0.2, 0.25) is 0 Å². The SMILES string of the molecule is CCCCCCCCCCCC[Si](C)(O[SiH](C)C)O[Si](C)(C)O[SiH-](C)(C)CCCC. The Morgan fingerprint density at radius 2 is 1.17 bits per heavy atom. The number of unbranched alkanes of at least 4 members (excludes halogenated alkanes) is 10. The van der Waals surface area contributed by atoms with E-state index in [4.69, 9.17) is 12.3 Å². The second-order valence-corrected chi connectivity index (χ2v) is 26.0. The summed E-state index contributed by atoms with van der Waals surface area (Å²) in [6.07, 6.45) is 16.3. The monoisotopic (exact) mass is 493 g/mol. The maximum atomic E-state index is 6.84. The summed E-state index contributed by atoms with van der Waals surface area (Å²) in [6.45, 7) is 20.7. The topological polar surface area (TPSA) is 27.7 Å². The van der Waals surface area contributed by atoms with Crippen LogP contribution < -0.4 is 0 Å². The first-order valence-electron chi connectivity index (χ1n) is 13.3. The molecule has 184 valence electrons. The molecular weight excluding hydrogens is 437 g/mol. The van der Waals surface area contributed by atoms with E-state index in [9.17, 15) is 0 Å². The van der Waals surface area contributed by atoms with E-state index in [1.54, 1.807) is 0 Å². The Balaban J connectivity index is 4.45. The first-order chi connectivity index (χ1) is 14.0. The Morgan fingerprint density at radius 1 is 0.700 bits per heavy atom. The number of hydrogen-bond acceptors (Lipinski definition) is 3. The molecule has 1 unspecified atom stereocenters. The predicted octanol–water partition coefficient (Wildman–Crippen LogP) is 8.45. The van der Waals surface area contributed by atoms with Gasteiger partial charge in [0.05, 0.1) is 0 Å². The zero-order valence-electron chi connectivity index (χ0n) is 22.3. The Kier molecular flexibility index (Phi) is 16.8. The molecule has 30 heavy (non-hydrogen) atoms. The normalized spacial score (nSPS) is 15.5. The molecule has 0 aromatic heterocycles. The molecule has 7 heteroatoms. The van der Waals surface area contributed by atoms with E-state index in [1.165, 1.54) is 83.1 Å². The van der Waals surface area contributed by atoms with Gasteiger partial charge in [-0.15, -0.1) is 0 Å². The molecule has 0 aliphatic heterocycles. The van der Waals surface area contributed by atoms with Crippen molar-refractivity contribution in [2.75, 3.05) is 0 Å². The fourth-order valence-corrected chi connectivity index (χ4v) is 23.8. The molecule has 0 saturated heterocycles. The molecule has 0 aliphatic carbocycles. The fraction of sp³-hybridized carbons (Fsp3) is 1.00. The van der Waals surface area contributed by atoms with Gasteiger partial charge < -0.3 is 0 Å². The summed E-state index contributed by atoms with van der Waals surface area (Å²) < 4.78 is 20.2. The van der Waals surface area contributed by atoms with E-state index in [-0.39, 0.29) is 0 Å². The number of rotatable bonds is 20. The van der Waals surface area contributed by atoms with Gasteiger partial charge in [0.15, 0.2) is 0 Å². The van der Waals surface area contributed by atoms with Gasteiger partial charge in [0, 0.05) is 0 Å². The Labute approximate surface area is 195 Å². The van der Waals surface area contributed by atoms with Crippen LogP contribution in [-0.2, 0) is 12.3 Å². The molecule has 0 fully saturated rings. The molecule has 0 amide bonds. The minimum atomic E-state index is -2.16. The van der Waals surface area contributed by atoms with Crippen molar-refractivity contribution in [3.63, 3.8) is 0 Å². The molecule has 3 nitrogen and oxygen atoms in total. The molecule has 0 aliphatic rings. The van der Waals surface area contributed by atoms with Crippen LogP contribution in [0.15, 0.2) is 0 Å². The van der Waals surface area contributed by atoms with Crippen molar-refractivity contribution in [1.82, 2.24) is 0 Å². The van der Waals surface area contributed by atoms with Crippen LogP contribution in [0.1, 0.15) is 90.9 Å². The minimum absolute atomic E-state index is 1.12. The molecule has 0 rings (SSSR count). The molecular formula is C23H57O3Si4-. The average molecular weight is 494 g/mol. The molecule has 0 N–H and O–H groups in total. The van der Waals surface area contributed by atoms with E-state index >= 15 is 0 Å². The van der Waals surface area contributed by atoms with Crippen LogP contribution in [0.4, 0.5) is 0 Å². The van der Waals surface area contributed by atoms with Crippen molar-refractivity contribution in [1.29, 1.82) is 0 Å². The second kappa shape index (κ2) is 16.4. The van der Waals surface area contributed by atoms with Crippen LogP contribution in [-0.4, -0.2) is 34.5 Å². The second-order valence-electron chi connectivity index (χ2n) is 11.0. The zero-order chi connectivity index (χ0) is 23.1. The summed E-state index contributed by atoms with van der Waals surface area (Å²) in [4.78, 5) is 0. The van der Waals surface area contributed by atoms with Crippen molar-refractivity contribution in [3.05, 3.63) is 0 Å². The van der Waals surface area contributed by atoms with E-state index < -0.39 is 34.5 Å². The van der Waals surface area contributed by atoms with Gasteiger partial charge in [-0.1, -0.05) is 26.2 Å². The fourth-order valence-electron chi connectivity index (χ4n) is 4.63. The van der Waals surface area contributed by atoms with Crippen molar-refractivity contribution in [2.45, 2.75) is 149 Å². The third-order valence-electron chi connectivity index (χ3n) is 5.79. The van der Waals surface area contributed by atoms with Crippen molar-refractivity contribution in [2.24, 2.45) is 0 Å². The Hall–Kier alpha value is 0.748. The van der Waals surface area contributed by atoms with Crippen LogP contribution in [0.5, 0.6) is 0 Å². The van der Waals surface area contributed by atoms with Gasteiger partial charge in [-0.2, -0.15) is 0 Å². The van der Waals surface area contributed by atoms with Crippen molar-refractivity contribution in [3.8, 4) is 0 Å². The molecule has 1 atom stereocenters. The Bertz CT molecular complexity index is 419. The molecule has 0 bridgehead atoms. The average Bonchev–Trinajstić information content (AvgIpc) is 2.59. The zero-order valence-corrected chi connectivity index (χ0v) is 26.6. The standard InChI is InChI=1S/C23H57O3Si4/c1-10-12-14-15-16-17-18-19-20-21-23-30(9,24-27(3)4)26-29(7,8)25-28(5,6)22-13-11-2/h27-28H,10-23H2,1-9H3/q-1. The van der Waals surface area contributed by atoms with Gasteiger partial charge in [-0.3, -0.25) is 0 Å². The van der Waals surface area contributed by atoms with Gasteiger partial charge in [0.25, 0.3) is 0 Å². The van der Waals surface area contributed by atoms with Crippen LogP contribution in [0.2, 0.25) is 57.9 Å². The molecule has 0 aromatic carbocycles. The van der Waals surface area contributed by atoms with E-state index in [0.29, 0.717) is 0 Å². The summed E-state index contributed by atoms with van der Waals surface area (Å²) in [5, 5.41) is 0. The molecule has 0 saturated carbocycles. The van der Waals surface area contributed by atoms with Crippen LogP contribution >= 0.6 is 0 Å². The molecule has 0 aromatic rings. The predicted molar refractivity (Wildman–Crippen MR) is 146 cm³/mol. The van der Waals surface area contributed by atoms with Crippen LogP contribution in [0.3, 0.4) is 0 Å². The van der Waals surface area contributed by atoms with Crippen LogP contribution in [0.25, 0.3) is 0 Å². The van der Waals surface area contributed by atoms with Gasteiger partial charge in [-0.25, -0.2) is 0 Å². The van der Waals surface area contributed by atoms with E-state index in [1.807, 2.05) is 0 Å². The van der Waals surface area contributed by atoms with Gasteiger partial charge >= 0.3 is 169 Å². The van der Waals surface area contributed by atoms with Crippen LogP contribution in [0, 0.1) is 0 Å². The maximum absolute atomic E-state index is 6.84. The first kappa shape index (κ1) is 30.7. The summed E-state index contributed by atoms with van der Waals surface area (Å²) >= 11 is 0. The molecule has 0 radical (unpaired) electrons.